The van der Waals surface area contributed by atoms with Crippen LogP contribution in [0.3, 0.4) is 0 Å². The van der Waals surface area contributed by atoms with Crippen LogP contribution in [0.5, 0.6) is 5.75 Å². The van der Waals surface area contributed by atoms with Crippen molar-refractivity contribution in [2.45, 2.75) is 53.1 Å². The Morgan fingerprint density at radius 3 is 2.19 bits per heavy atom. The van der Waals surface area contributed by atoms with E-state index in [9.17, 15) is 9.59 Å². The largest absolute Gasteiger partial charge is 0.484 e. The molecule has 0 radical (unpaired) electrons. The SMILES string of the molecule is CCc1ccc(OCC(=O)N(Cc2ccccc2C)C(Cc2ccccc2)C(=O)NCC(C)C)cc1. The van der Waals surface area contributed by atoms with E-state index in [-0.39, 0.29) is 18.4 Å². The fraction of sp³-hybridized carbons (Fsp3) is 0.355. The van der Waals surface area contributed by atoms with Crippen LogP contribution in [0.1, 0.15) is 43.0 Å². The van der Waals surface area contributed by atoms with Gasteiger partial charge in [0.05, 0.1) is 0 Å². The molecule has 1 atom stereocenters. The Labute approximate surface area is 215 Å². The van der Waals surface area contributed by atoms with Gasteiger partial charge in [0, 0.05) is 19.5 Å². The van der Waals surface area contributed by atoms with Gasteiger partial charge in [0.25, 0.3) is 5.91 Å². The fourth-order valence-corrected chi connectivity index (χ4v) is 4.00. The molecule has 0 bridgehead atoms. The van der Waals surface area contributed by atoms with Gasteiger partial charge in [-0.3, -0.25) is 9.59 Å². The molecule has 0 aliphatic rings. The average Bonchev–Trinajstić information content (AvgIpc) is 2.89. The minimum atomic E-state index is -0.663. The first-order chi connectivity index (χ1) is 17.4. The molecule has 0 spiro atoms. The maximum Gasteiger partial charge on any atom is 0.261 e. The van der Waals surface area contributed by atoms with Crippen molar-refractivity contribution in [1.29, 1.82) is 0 Å². The third-order valence-corrected chi connectivity index (χ3v) is 6.25. The van der Waals surface area contributed by atoms with Crippen molar-refractivity contribution in [2.24, 2.45) is 5.92 Å². The van der Waals surface area contributed by atoms with Crippen LogP contribution in [-0.2, 0) is 29.0 Å². The molecule has 5 nitrogen and oxygen atoms in total. The summed E-state index contributed by atoms with van der Waals surface area (Å²) >= 11 is 0. The van der Waals surface area contributed by atoms with Crippen LogP contribution in [0.4, 0.5) is 0 Å². The number of rotatable bonds is 12. The van der Waals surface area contributed by atoms with Gasteiger partial charge in [-0.05, 0) is 53.6 Å². The normalized spacial score (nSPS) is 11.7. The van der Waals surface area contributed by atoms with Gasteiger partial charge >= 0.3 is 0 Å². The van der Waals surface area contributed by atoms with Crippen molar-refractivity contribution < 1.29 is 14.3 Å². The molecule has 0 heterocycles. The number of ether oxygens (including phenoxy) is 1. The van der Waals surface area contributed by atoms with Crippen molar-refractivity contribution in [1.82, 2.24) is 10.2 Å². The van der Waals surface area contributed by atoms with Crippen molar-refractivity contribution >= 4 is 11.8 Å². The average molecular weight is 487 g/mol. The summed E-state index contributed by atoms with van der Waals surface area (Å²) in [5.41, 5.74) is 4.29. The first-order valence-electron chi connectivity index (χ1n) is 12.7. The molecule has 5 heteroatoms. The monoisotopic (exact) mass is 486 g/mol. The number of amides is 2. The van der Waals surface area contributed by atoms with Crippen LogP contribution < -0.4 is 10.1 Å². The summed E-state index contributed by atoms with van der Waals surface area (Å²) in [5.74, 6) is 0.571. The second kappa shape index (κ2) is 13.5. The molecule has 0 fully saturated rings. The Kier molecular flexibility index (Phi) is 10.1. The molecule has 0 saturated carbocycles. The molecular weight excluding hydrogens is 448 g/mol. The third-order valence-electron chi connectivity index (χ3n) is 6.25. The van der Waals surface area contributed by atoms with Crippen molar-refractivity contribution in [3.8, 4) is 5.75 Å². The van der Waals surface area contributed by atoms with Gasteiger partial charge in [0.15, 0.2) is 6.61 Å². The Hall–Kier alpha value is -3.60. The van der Waals surface area contributed by atoms with Gasteiger partial charge in [0.1, 0.15) is 11.8 Å². The quantitative estimate of drug-likeness (QED) is 0.376. The number of nitrogens with one attached hydrogen (secondary N) is 1. The fourth-order valence-electron chi connectivity index (χ4n) is 4.00. The Balaban J connectivity index is 1.89. The van der Waals surface area contributed by atoms with Gasteiger partial charge < -0.3 is 15.0 Å². The summed E-state index contributed by atoms with van der Waals surface area (Å²) in [6, 6.07) is 24.9. The van der Waals surface area contributed by atoms with E-state index in [1.807, 2.05) is 85.8 Å². The molecule has 1 N–H and O–H groups in total. The van der Waals surface area contributed by atoms with E-state index in [0.717, 1.165) is 23.1 Å². The minimum absolute atomic E-state index is 0.139. The Morgan fingerprint density at radius 2 is 1.56 bits per heavy atom. The molecule has 3 aromatic rings. The summed E-state index contributed by atoms with van der Waals surface area (Å²) in [6.45, 7) is 8.97. The molecule has 36 heavy (non-hydrogen) atoms. The highest BCUT2D eigenvalue weighted by atomic mass is 16.5. The maximum absolute atomic E-state index is 13.7. The zero-order valence-corrected chi connectivity index (χ0v) is 21.9. The first-order valence-corrected chi connectivity index (χ1v) is 12.7. The van der Waals surface area contributed by atoms with Crippen molar-refractivity contribution in [3.05, 3.63) is 101 Å². The van der Waals surface area contributed by atoms with E-state index < -0.39 is 6.04 Å². The Morgan fingerprint density at radius 1 is 0.889 bits per heavy atom. The molecule has 3 rings (SSSR count). The molecule has 0 aromatic heterocycles. The van der Waals surface area contributed by atoms with Crippen LogP contribution in [0.25, 0.3) is 0 Å². The molecule has 1 unspecified atom stereocenters. The van der Waals surface area contributed by atoms with E-state index in [4.69, 9.17) is 4.74 Å². The van der Waals surface area contributed by atoms with E-state index >= 15 is 0 Å². The summed E-state index contributed by atoms with van der Waals surface area (Å²) in [4.78, 5) is 28.8. The number of carbonyl (C=O) groups is 2. The summed E-state index contributed by atoms with van der Waals surface area (Å²) in [7, 11) is 0. The lowest BCUT2D eigenvalue weighted by atomic mass is 10.0. The van der Waals surface area contributed by atoms with Crippen LogP contribution in [-0.4, -0.2) is 35.9 Å². The second-order valence-corrected chi connectivity index (χ2v) is 9.58. The highest BCUT2D eigenvalue weighted by Gasteiger charge is 2.31. The number of carbonyl (C=O) groups excluding carboxylic acids is 2. The predicted octanol–water partition coefficient (Wildman–Crippen LogP) is 5.35. The van der Waals surface area contributed by atoms with Crippen LogP contribution >= 0.6 is 0 Å². The number of hydrogen-bond donors (Lipinski definition) is 1. The lowest BCUT2D eigenvalue weighted by molar-refractivity contribution is -0.142. The number of aryl methyl sites for hydroxylation is 2. The lowest BCUT2D eigenvalue weighted by Crippen LogP contribution is -2.52. The van der Waals surface area contributed by atoms with Gasteiger partial charge in [-0.25, -0.2) is 0 Å². The lowest BCUT2D eigenvalue weighted by Gasteiger charge is -2.32. The zero-order valence-electron chi connectivity index (χ0n) is 21.9. The molecule has 3 aromatic carbocycles. The van der Waals surface area contributed by atoms with Crippen molar-refractivity contribution in [2.75, 3.05) is 13.2 Å². The number of hydrogen-bond acceptors (Lipinski definition) is 3. The summed E-state index contributed by atoms with van der Waals surface area (Å²) in [5, 5.41) is 3.05. The smallest absolute Gasteiger partial charge is 0.261 e. The van der Waals surface area contributed by atoms with E-state index in [2.05, 4.69) is 26.1 Å². The van der Waals surface area contributed by atoms with E-state index in [0.29, 0.717) is 31.2 Å². The topological polar surface area (TPSA) is 58.6 Å². The predicted molar refractivity (Wildman–Crippen MR) is 145 cm³/mol. The zero-order chi connectivity index (χ0) is 25.9. The standard InChI is InChI=1S/C31H38N2O3/c1-5-25-15-17-28(18-16-25)36-22-30(34)33(21-27-14-10-9-11-24(27)4)29(31(35)32-20-23(2)3)19-26-12-7-6-8-13-26/h6-18,23,29H,5,19-22H2,1-4H3,(H,32,35). The van der Waals surface area contributed by atoms with Crippen LogP contribution in [0.2, 0.25) is 0 Å². The summed E-state index contributed by atoms with van der Waals surface area (Å²) < 4.78 is 5.87. The number of nitrogens with zero attached hydrogens (tertiary/aromatic N) is 1. The number of benzene rings is 3. The molecule has 0 aliphatic heterocycles. The highest BCUT2D eigenvalue weighted by Crippen LogP contribution is 2.18. The van der Waals surface area contributed by atoms with Gasteiger partial charge in [-0.2, -0.15) is 0 Å². The maximum atomic E-state index is 13.7. The van der Waals surface area contributed by atoms with E-state index in [1.54, 1.807) is 4.90 Å². The molecule has 190 valence electrons. The van der Waals surface area contributed by atoms with Crippen LogP contribution in [0, 0.1) is 12.8 Å². The van der Waals surface area contributed by atoms with Gasteiger partial charge in [0.2, 0.25) is 5.91 Å². The molecule has 0 aliphatic carbocycles. The van der Waals surface area contributed by atoms with Gasteiger partial charge in [-0.15, -0.1) is 0 Å². The third kappa shape index (κ3) is 7.98. The highest BCUT2D eigenvalue weighted by molar-refractivity contribution is 5.88. The van der Waals surface area contributed by atoms with E-state index in [1.165, 1.54) is 5.56 Å². The first kappa shape index (κ1) is 27.0. The van der Waals surface area contributed by atoms with Gasteiger partial charge in [-0.1, -0.05) is 87.5 Å². The Bertz CT molecular complexity index is 1110. The molecule has 2 amide bonds. The second-order valence-electron chi connectivity index (χ2n) is 9.58. The minimum Gasteiger partial charge on any atom is -0.484 e. The molecule has 0 saturated heterocycles. The van der Waals surface area contributed by atoms with Crippen molar-refractivity contribution in [3.63, 3.8) is 0 Å². The van der Waals surface area contributed by atoms with Crippen LogP contribution in [0.15, 0.2) is 78.9 Å². The molecular formula is C31H38N2O3. The summed E-state index contributed by atoms with van der Waals surface area (Å²) in [6.07, 6.45) is 1.36.